The van der Waals surface area contributed by atoms with E-state index in [1.807, 2.05) is 12.1 Å². The highest BCUT2D eigenvalue weighted by Gasteiger charge is 2.39. The van der Waals surface area contributed by atoms with Gasteiger partial charge in [-0.3, -0.25) is 9.59 Å². The van der Waals surface area contributed by atoms with Crippen LogP contribution in [0.4, 0.5) is 0 Å². The smallest absolute Gasteiger partial charge is 0.245 e. The number of β-amino-alcohol motifs (C(OH)–C–C–N with tert-alkyl or cyclic N) is 1. The van der Waals surface area contributed by atoms with Gasteiger partial charge in [0.1, 0.15) is 5.60 Å². The number of nitrogens with zero attached hydrogens (tertiary/aromatic N) is 2. The summed E-state index contributed by atoms with van der Waals surface area (Å²) in [4.78, 5) is 28.3. The molecule has 0 bridgehead atoms. The van der Waals surface area contributed by atoms with Gasteiger partial charge in [-0.05, 0) is 49.5 Å². The van der Waals surface area contributed by atoms with Gasteiger partial charge in [-0.2, -0.15) is 0 Å². The normalized spacial score (nSPS) is 26.5. The second-order valence-corrected chi connectivity index (χ2v) is 7.67. The Labute approximate surface area is 159 Å². The van der Waals surface area contributed by atoms with Gasteiger partial charge in [0, 0.05) is 24.7 Å². The van der Waals surface area contributed by atoms with Crippen molar-refractivity contribution in [2.24, 2.45) is 5.92 Å². The molecular weight excluding hydrogens is 352 g/mol. The molecule has 2 atom stereocenters. The summed E-state index contributed by atoms with van der Waals surface area (Å²) < 4.78 is 0. The molecule has 0 aromatic heterocycles. The predicted octanol–water partition coefficient (Wildman–Crippen LogP) is 2.57. The van der Waals surface area contributed by atoms with Crippen LogP contribution in [0.2, 0.25) is 5.02 Å². The number of likely N-dealkylation sites (tertiary alicyclic amines) is 2. The largest absolute Gasteiger partial charge is 0.383 e. The summed E-state index contributed by atoms with van der Waals surface area (Å²) in [5, 5.41) is 11.7. The molecule has 2 fully saturated rings. The maximum Gasteiger partial charge on any atom is 0.245 e. The highest BCUT2D eigenvalue weighted by molar-refractivity contribution is 6.30. The van der Waals surface area contributed by atoms with Crippen LogP contribution in [0.3, 0.4) is 0 Å². The molecule has 0 spiro atoms. The number of hydrogen-bond acceptors (Lipinski definition) is 3. The number of amides is 2. The summed E-state index contributed by atoms with van der Waals surface area (Å²) in [6.45, 7) is 5.54. The van der Waals surface area contributed by atoms with Crippen LogP contribution in [-0.2, 0) is 15.2 Å². The van der Waals surface area contributed by atoms with Gasteiger partial charge in [-0.1, -0.05) is 30.3 Å². The maximum absolute atomic E-state index is 13.0. The molecule has 0 radical (unpaired) electrons. The molecule has 3 rings (SSSR count). The second kappa shape index (κ2) is 7.80. The average Bonchev–Trinajstić information content (AvgIpc) is 2.67. The van der Waals surface area contributed by atoms with E-state index in [0.29, 0.717) is 31.1 Å². The van der Waals surface area contributed by atoms with Gasteiger partial charge < -0.3 is 14.9 Å². The quantitative estimate of drug-likeness (QED) is 0.825. The standard InChI is InChI=1S/C20H25ClN2O3/c1-2-18(24)22-11-3-5-15(13-22)19(25)23-12-4-10-20(26,14-23)16-6-8-17(21)9-7-16/h2,6-9,15,26H,1,3-5,10-14H2. The fourth-order valence-corrected chi connectivity index (χ4v) is 4.11. The van der Waals surface area contributed by atoms with Gasteiger partial charge in [0.05, 0.1) is 12.5 Å². The monoisotopic (exact) mass is 376 g/mol. The van der Waals surface area contributed by atoms with Gasteiger partial charge in [0.15, 0.2) is 0 Å². The van der Waals surface area contributed by atoms with E-state index in [0.717, 1.165) is 24.8 Å². The number of aliphatic hydroxyl groups is 1. The van der Waals surface area contributed by atoms with E-state index in [-0.39, 0.29) is 24.3 Å². The molecule has 2 aliphatic rings. The van der Waals surface area contributed by atoms with Crippen LogP contribution in [0.5, 0.6) is 0 Å². The summed E-state index contributed by atoms with van der Waals surface area (Å²) in [5.41, 5.74) is -0.268. The number of carbonyl (C=O) groups is 2. The molecule has 0 aliphatic carbocycles. The van der Waals surface area contributed by atoms with Crippen LogP contribution in [-0.4, -0.2) is 52.9 Å². The van der Waals surface area contributed by atoms with E-state index in [1.54, 1.807) is 21.9 Å². The van der Waals surface area contributed by atoms with Crippen molar-refractivity contribution in [2.75, 3.05) is 26.2 Å². The first-order chi connectivity index (χ1) is 12.4. The van der Waals surface area contributed by atoms with Crippen molar-refractivity contribution < 1.29 is 14.7 Å². The van der Waals surface area contributed by atoms with Crippen LogP contribution in [0.15, 0.2) is 36.9 Å². The minimum absolute atomic E-state index is 0.0265. The Hall–Kier alpha value is -1.85. The Kier molecular flexibility index (Phi) is 5.68. The highest BCUT2D eigenvalue weighted by atomic mass is 35.5. The Morgan fingerprint density at radius 1 is 1.19 bits per heavy atom. The van der Waals surface area contributed by atoms with E-state index in [2.05, 4.69) is 6.58 Å². The van der Waals surface area contributed by atoms with Crippen LogP contribution < -0.4 is 0 Å². The molecule has 6 heteroatoms. The number of rotatable bonds is 3. The fraction of sp³-hybridized carbons (Fsp3) is 0.500. The summed E-state index contributed by atoms with van der Waals surface area (Å²) in [7, 11) is 0. The topological polar surface area (TPSA) is 60.9 Å². The van der Waals surface area contributed by atoms with E-state index < -0.39 is 5.60 Å². The summed E-state index contributed by atoms with van der Waals surface area (Å²) in [6.07, 6.45) is 4.24. The molecule has 1 aromatic carbocycles. The molecule has 0 saturated carbocycles. The molecule has 26 heavy (non-hydrogen) atoms. The Morgan fingerprint density at radius 3 is 2.58 bits per heavy atom. The van der Waals surface area contributed by atoms with Crippen LogP contribution >= 0.6 is 11.6 Å². The molecule has 140 valence electrons. The number of halogens is 1. The van der Waals surface area contributed by atoms with Crippen molar-refractivity contribution in [3.63, 3.8) is 0 Å². The lowest BCUT2D eigenvalue weighted by atomic mass is 9.85. The fourth-order valence-electron chi connectivity index (χ4n) is 3.99. The van der Waals surface area contributed by atoms with Crippen LogP contribution in [0, 0.1) is 5.92 Å². The SMILES string of the molecule is C=CC(=O)N1CCCC(C(=O)N2CCCC(O)(c3ccc(Cl)cc3)C2)C1. The number of hydrogen-bond donors (Lipinski definition) is 1. The van der Waals surface area contributed by atoms with Crippen LogP contribution in [0.25, 0.3) is 0 Å². The van der Waals surface area contributed by atoms with Gasteiger partial charge in [0.25, 0.3) is 0 Å². The van der Waals surface area contributed by atoms with Crippen molar-refractivity contribution in [1.82, 2.24) is 9.80 Å². The summed E-state index contributed by atoms with van der Waals surface area (Å²) in [5.74, 6) is -0.308. The van der Waals surface area contributed by atoms with E-state index in [1.165, 1.54) is 6.08 Å². The van der Waals surface area contributed by atoms with Crippen LogP contribution in [0.1, 0.15) is 31.2 Å². The minimum Gasteiger partial charge on any atom is -0.383 e. The van der Waals surface area contributed by atoms with Crippen molar-refractivity contribution in [3.05, 3.63) is 47.5 Å². The molecule has 5 nitrogen and oxygen atoms in total. The summed E-state index contributed by atoms with van der Waals surface area (Å²) in [6, 6.07) is 7.16. The minimum atomic E-state index is -1.05. The average molecular weight is 377 g/mol. The molecule has 2 unspecified atom stereocenters. The van der Waals surface area contributed by atoms with Gasteiger partial charge in [-0.25, -0.2) is 0 Å². The predicted molar refractivity (Wildman–Crippen MR) is 101 cm³/mol. The molecule has 2 aliphatic heterocycles. The first-order valence-corrected chi connectivity index (χ1v) is 9.49. The zero-order valence-corrected chi connectivity index (χ0v) is 15.6. The Morgan fingerprint density at radius 2 is 1.88 bits per heavy atom. The van der Waals surface area contributed by atoms with E-state index in [9.17, 15) is 14.7 Å². The lowest BCUT2D eigenvalue weighted by Gasteiger charge is -2.42. The molecule has 2 heterocycles. The third-order valence-electron chi connectivity index (χ3n) is 5.42. The lowest BCUT2D eigenvalue weighted by molar-refractivity contribution is -0.146. The van der Waals surface area contributed by atoms with E-state index >= 15 is 0 Å². The molecular formula is C20H25ClN2O3. The third-order valence-corrected chi connectivity index (χ3v) is 5.67. The number of carbonyl (C=O) groups excluding carboxylic acids is 2. The Balaban J connectivity index is 1.70. The zero-order valence-electron chi connectivity index (χ0n) is 14.9. The zero-order chi connectivity index (χ0) is 18.7. The van der Waals surface area contributed by atoms with Gasteiger partial charge >= 0.3 is 0 Å². The van der Waals surface area contributed by atoms with Gasteiger partial charge in [-0.15, -0.1) is 0 Å². The molecule has 2 amide bonds. The van der Waals surface area contributed by atoms with Crippen molar-refractivity contribution in [1.29, 1.82) is 0 Å². The molecule has 1 aromatic rings. The molecule has 1 N–H and O–H groups in total. The van der Waals surface area contributed by atoms with Crippen molar-refractivity contribution >= 4 is 23.4 Å². The first-order valence-electron chi connectivity index (χ1n) is 9.11. The molecule has 2 saturated heterocycles. The number of piperidine rings is 2. The van der Waals surface area contributed by atoms with Crippen molar-refractivity contribution in [3.8, 4) is 0 Å². The number of benzene rings is 1. The first kappa shape index (κ1) is 18.9. The van der Waals surface area contributed by atoms with Gasteiger partial charge in [0.2, 0.25) is 11.8 Å². The van der Waals surface area contributed by atoms with E-state index in [4.69, 9.17) is 11.6 Å². The highest BCUT2D eigenvalue weighted by Crippen LogP contribution is 2.33. The summed E-state index contributed by atoms with van der Waals surface area (Å²) >= 11 is 5.94. The van der Waals surface area contributed by atoms with Crippen molar-refractivity contribution in [2.45, 2.75) is 31.3 Å². The second-order valence-electron chi connectivity index (χ2n) is 7.23. The third kappa shape index (κ3) is 3.94. The Bertz CT molecular complexity index is 691. The maximum atomic E-state index is 13.0. The lowest BCUT2D eigenvalue weighted by Crippen LogP contribution is -2.52.